The molecule has 0 bridgehead atoms. The van der Waals surface area contributed by atoms with Gasteiger partial charge in [0.15, 0.2) is 5.13 Å². The highest BCUT2D eigenvalue weighted by Crippen LogP contribution is 2.38. The Morgan fingerprint density at radius 3 is 2.65 bits per heavy atom. The van der Waals surface area contributed by atoms with Gasteiger partial charge in [0, 0.05) is 30.5 Å². The van der Waals surface area contributed by atoms with E-state index in [-0.39, 0.29) is 19.0 Å². The van der Waals surface area contributed by atoms with Gasteiger partial charge in [0.1, 0.15) is 12.4 Å². The van der Waals surface area contributed by atoms with Crippen molar-refractivity contribution in [3.63, 3.8) is 0 Å². The highest BCUT2D eigenvalue weighted by molar-refractivity contribution is 7.19. The lowest BCUT2D eigenvalue weighted by Crippen LogP contribution is -2.43. The second kappa shape index (κ2) is 11.7. The maximum absolute atomic E-state index is 13.0. The van der Waals surface area contributed by atoms with E-state index >= 15 is 0 Å². The van der Waals surface area contributed by atoms with Gasteiger partial charge in [0.05, 0.1) is 16.3 Å². The van der Waals surface area contributed by atoms with Crippen LogP contribution in [0.5, 0.6) is 5.75 Å². The third kappa shape index (κ3) is 6.44. The molecule has 12 heteroatoms. The van der Waals surface area contributed by atoms with E-state index in [4.69, 9.17) is 10.5 Å². The number of aromatic nitrogens is 3. The lowest BCUT2D eigenvalue weighted by Gasteiger charge is -2.29. The molecule has 5 aromatic rings. The predicted molar refractivity (Wildman–Crippen MR) is 159 cm³/mol. The second-order valence-electron chi connectivity index (χ2n) is 9.88. The topological polar surface area (TPSA) is 106 Å². The number of nitrogen functional groups attached to an aromatic ring is 1. The van der Waals surface area contributed by atoms with Gasteiger partial charge in [-0.1, -0.05) is 59.9 Å². The number of nitrogens with one attached hydrogen (secondary N) is 1. The van der Waals surface area contributed by atoms with Crippen LogP contribution in [-0.2, 0) is 24.4 Å². The first kappa shape index (κ1) is 28.2. The summed E-state index contributed by atoms with van der Waals surface area (Å²) in [6.45, 7) is 0.323. The maximum atomic E-state index is 13.0. The highest BCUT2D eigenvalue weighted by atomic mass is 32.1. The number of thiazole rings is 1. The first-order valence-electron chi connectivity index (χ1n) is 13.3. The van der Waals surface area contributed by atoms with Crippen LogP contribution in [0, 0.1) is 0 Å². The summed E-state index contributed by atoms with van der Waals surface area (Å²) >= 11 is 1.30. The molecule has 0 unspecified atom stereocenters. The van der Waals surface area contributed by atoms with Crippen LogP contribution in [-0.4, -0.2) is 38.5 Å². The third-order valence-corrected chi connectivity index (χ3v) is 7.80. The zero-order chi connectivity index (χ0) is 30.0. The zero-order valence-electron chi connectivity index (χ0n) is 22.6. The molecule has 0 saturated heterocycles. The van der Waals surface area contributed by atoms with Crippen LogP contribution in [0.4, 0.5) is 29.9 Å². The molecule has 0 aliphatic carbocycles. The molecule has 0 atom stereocenters. The third-order valence-electron chi connectivity index (χ3n) is 6.89. The van der Waals surface area contributed by atoms with Gasteiger partial charge in [-0.2, -0.15) is 13.2 Å². The van der Waals surface area contributed by atoms with Crippen molar-refractivity contribution in [1.82, 2.24) is 19.9 Å². The van der Waals surface area contributed by atoms with Crippen molar-refractivity contribution in [3.05, 3.63) is 102 Å². The van der Waals surface area contributed by atoms with Crippen molar-refractivity contribution in [2.45, 2.75) is 25.7 Å². The van der Waals surface area contributed by atoms with Gasteiger partial charge in [0.25, 0.3) is 0 Å². The average molecular weight is 603 g/mol. The van der Waals surface area contributed by atoms with Gasteiger partial charge in [-0.3, -0.25) is 4.79 Å². The summed E-state index contributed by atoms with van der Waals surface area (Å²) in [5, 5.41) is 3.51. The first-order chi connectivity index (χ1) is 20.7. The number of anilines is 3. The number of hydrogen-bond donors (Lipinski definition) is 2. The second-order valence-corrected chi connectivity index (χ2v) is 10.9. The Bertz CT molecular complexity index is 1780. The van der Waals surface area contributed by atoms with Crippen LogP contribution in [0.15, 0.2) is 85.1 Å². The summed E-state index contributed by atoms with van der Waals surface area (Å²) in [7, 11) is 0. The van der Waals surface area contributed by atoms with Crippen molar-refractivity contribution in [3.8, 4) is 27.6 Å². The molecule has 6 rings (SSSR count). The molecule has 2 aromatic heterocycles. The van der Waals surface area contributed by atoms with Crippen molar-refractivity contribution >= 4 is 34.0 Å². The number of amides is 1. The van der Waals surface area contributed by atoms with E-state index in [1.165, 1.54) is 11.3 Å². The van der Waals surface area contributed by atoms with Crippen molar-refractivity contribution in [1.29, 1.82) is 0 Å². The number of nitrogens with zero attached hydrogens (tertiary/aromatic N) is 4. The molecule has 43 heavy (non-hydrogen) atoms. The Morgan fingerprint density at radius 2 is 1.84 bits per heavy atom. The Labute approximate surface area is 249 Å². The van der Waals surface area contributed by atoms with Crippen LogP contribution >= 0.6 is 11.3 Å². The number of rotatable bonds is 7. The average Bonchev–Trinajstić information content (AvgIpc) is 3.41. The summed E-state index contributed by atoms with van der Waals surface area (Å²) in [5.41, 5.74) is 11.4. The summed E-state index contributed by atoms with van der Waals surface area (Å²) in [6.07, 6.45) is -2.96. The first-order valence-corrected chi connectivity index (χ1v) is 14.2. The molecule has 3 N–H and O–H groups in total. The molecule has 3 heterocycles. The lowest BCUT2D eigenvalue weighted by molar-refractivity contribution is -0.186. The van der Waals surface area contributed by atoms with Crippen LogP contribution in [0.25, 0.3) is 21.8 Å². The Balaban J connectivity index is 1.22. The van der Waals surface area contributed by atoms with Crippen LogP contribution < -0.4 is 15.8 Å². The molecule has 0 spiro atoms. The molecular formula is C31H25F3N6O2S. The van der Waals surface area contributed by atoms with Gasteiger partial charge in [-0.15, -0.1) is 0 Å². The minimum Gasteiger partial charge on any atom is -0.489 e. The van der Waals surface area contributed by atoms with Gasteiger partial charge in [0.2, 0.25) is 5.95 Å². The molecule has 1 amide bonds. The smallest absolute Gasteiger partial charge is 0.471 e. The van der Waals surface area contributed by atoms with Crippen LogP contribution in [0.2, 0.25) is 0 Å². The number of fused-ring (bicyclic) bond motifs is 1. The normalized spacial score (nSPS) is 13.0. The monoisotopic (exact) mass is 602 g/mol. The number of ether oxygens (including phenoxy) is 1. The van der Waals surface area contributed by atoms with Gasteiger partial charge in [-0.05, 0) is 53.4 Å². The fraction of sp³-hybridized carbons (Fsp3) is 0.161. The summed E-state index contributed by atoms with van der Waals surface area (Å²) in [5.74, 6) is -0.860. The molecule has 1 aliphatic rings. The van der Waals surface area contributed by atoms with E-state index in [0.29, 0.717) is 46.5 Å². The quantitative estimate of drug-likeness (QED) is 0.216. The SMILES string of the molecule is Nc1nc(-c2cccc(OCc3ccccc3)c2)c(-c2ccnc(Nc3ccc4c(c3)CN(C(=O)C(F)(F)F)CC4)n2)s1. The predicted octanol–water partition coefficient (Wildman–Crippen LogP) is 6.62. The number of carbonyl (C=O) groups is 1. The minimum atomic E-state index is -4.91. The van der Waals surface area contributed by atoms with Crippen LogP contribution in [0.3, 0.4) is 0 Å². The van der Waals surface area contributed by atoms with E-state index in [2.05, 4.69) is 20.3 Å². The fourth-order valence-electron chi connectivity index (χ4n) is 4.84. The van der Waals surface area contributed by atoms with Crippen molar-refractivity contribution < 1.29 is 22.7 Å². The number of halogens is 3. The molecule has 0 saturated carbocycles. The van der Waals surface area contributed by atoms with E-state index in [1.807, 2.05) is 66.7 Å². The van der Waals surface area contributed by atoms with Crippen LogP contribution in [0.1, 0.15) is 16.7 Å². The number of alkyl halides is 3. The standard InChI is InChI=1S/C31H25F3N6O2S/c32-31(33,34)28(41)40-14-12-20-9-10-23(15-22(20)17-40)37-30-36-13-11-25(38-30)27-26(39-29(35)43-27)21-7-4-8-24(16-21)42-18-19-5-2-1-3-6-19/h1-11,13,15-16H,12,14,17-18H2,(H2,35,39)(H,36,37,38). The summed E-state index contributed by atoms with van der Waals surface area (Å²) < 4.78 is 44.9. The van der Waals surface area contributed by atoms with E-state index in [0.717, 1.165) is 26.5 Å². The molecule has 0 fully saturated rings. The van der Waals surface area contributed by atoms with Crippen molar-refractivity contribution in [2.24, 2.45) is 0 Å². The molecule has 3 aromatic carbocycles. The van der Waals surface area contributed by atoms with Gasteiger partial charge in [-0.25, -0.2) is 15.0 Å². The number of hydrogen-bond acceptors (Lipinski definition) is 8. The van der Waals surface area contributed by atoms with E-state index in [9.17, 15) is 18.0 Å². The fourth-order valence-corrected chi connectivity index (χ4v) is 5.67. The van der Waals surface area contributed by atoms with Gasteiger partial charge >= 0.3 is 12.1 Å². The zero-order valence-corrected chi connectivity index (χ0v) is 23.5. The minimum absolute atomic E-state index is 0.0195. The largest absolute Gasteiger partial charge is 0.489 e. The maximum Gasteiger partial charge on any atom is 0.471 e. The highest BCUT2D eigenvalue weighted by Gasteiger charge is 2.43. The number of benzene rings is 3. The molecule has 218 valence electrons. The lowest BCUT2D eigenvalue weighted by atomic mass is 9.99. The molecule has 8 nitrogen and oxygen atoms in total. The van der Waals surface area contributed by atoms with Gasteiger partial charge < -0.3 is 20.7 Å². The molecular weight excluding hydrogens is 577 g/mol. The number of nitrogens with two attached hydrogens (primary N) is 1. The van der Waals surface area contributed by atoms with Crippen molar-refractivity contribution in [2.75, 3.05) is 17.6 Å². The summed E-state index contributed by atoms with van der Waals surface area (Å²) in [6, 6.07) is 24.6. The Morgan fingerprint density at radius 1 is 1.00 bits per heavy atom. The van der Waals surface area contributed by atoms with E-state index < -0.39 is 12.1 Å². The molecule has 0 radical (unpaired) electrons. The molecule has 1 aliphatic heterocycles. The number of carbonyl (C=O) groups excluding carboxylic acids is 1. The van der Waals surface area contributed by atoms with E-state index in [1.54, 1.807) is 18.3 Å². The summed E-state index contributed by atoms with van der Waals surface area (Å²) in [4.78, 5) is 26.9. The Hall–Kier alpha value is -4.97. The Kier molecular flexibility index (Phi) is 7.68.